The molecule has 1 saturated heterocycles. The summed E-state index contributed by atoms with van der Waals surface area (Å²) in [7, 11) is 1.59. The van der Waals surface area contributed by atoms with Crippen LogP contribution < -0.4 is 4.74 Å². The molecule has 1 atom stereocenters. The van der Waals surface area contributed by atoms with Gasteiger partial charge in [0.15, 0.2) is 0 Å². The number of hydrogen-bond donors (Lipinski definition) is 1. The van der Waals surface area contributed by atoms with Crippen molar-refractivity contribution in [1.82, 2.24) is 9.88 Å². The molecule has 1 aliphatic heterocycles. The molecule has 5 nitrogen and oxygen atoms in total. The fourth-order valence-corrected chi connectivity index (χ4v) is 2.82. The van der Waals surface area contributed by atoms with E-state index in [0.29, 0.717) is 19.0 Å². The average molecular weight is 298 g/mol. The second-order valence-electron chi connectivity index (χ2n) is 5.42. The number of carboxylic acid groups (broad SMARTS) is 1. The Bertz CT molecular complexity index is 637. The summed E-state index contributed by atoms with van der Waals surface area (Å²) >= 11 is 0. The topological polar surface area (TPSA) is 62.7 Å². The second kappa shape index (κ2) is 6.15. The molecule has 0 radical (unpaired) electrons. The van der Waals surface area contributed by atoms with Gasteiger partial charge in [0.1, 0.15) is 11.8 Å². The van der Waals surface area contributed by atoms with Crippen molar-refractivity contribution in [3.63, 3.8) is 0 Å². The van der Waals surface area contributed by atoms with Crippen LogP contribution in [0, 0.1) is 0 Å². The second-order valence-corrected chi connectivity index (χ2v) is 5.42. The molecule has 1 aromatic carbocycles. The van der Waals surface area contributed by atoms with Crippen molar-refractivity contribution in [1.29, 1.82) is 0 Å². The highest BCUT2D eigenvalue weighted by molar-refractivity contribution is 5.75. The largest absolute Gasteiger partial charge is 0.497 e. The summed E-state index contributed by atoms with van der Waals surface area (Å²) < 4.78 is 5.12. The number of rotatable bonds is 5. The quantitative estimate of drug-likeness (QED) is 0.918. The minimum absolute atomic E-state index is 0.307. The number of pyridine rings is 1. The van der Waals surface area contributed by atoms with Crippen molar-refractivity contribution < 1.29 is 14.6 Å². The standard InChI is InChI=1S/C17H18N2O3/c1-22-14-7-5-12(6-8-14)16(17(20)21)19-10-13(11-19)15-4-2-3-9-18-15/h2-9,13,16H,10-11H2,1H3,(H,20,21). The third kappa shape index (κ3) is 2.80. The molecule has 114 valence electrons. The van der Waals surface area contributed by atoms with Gasteiger partial charge < -0.3 is 9.84 Å². The molecule has 0 bridgehead atoms. The SMILES string of the molecule is COc1ccc(C(C(=O)O)N2CC(c3ccccn3)C2)cc1. The van der Waals surface area contributed by atoms with E-state index in [9.17, 15) is 9.90 Å². The van der Waals surface area contributed by atoms with Crippen molar-refractivity contribution in [2.75, 3.05) is 20.2 Å². The number of aromatic nitrogens is 1. The Hall–Kier alpha value is -2.40. The van der Waals surface area contributed by atoms with E-state index in [2.05, 4.69) is 4.98 Å². The van der Waals surface area contributed by atoms with Gasteiger partial charge in [0.2, 0.25) is 0 Å². The van der Waals surface area contributed by atoms with Crippen LogP contribution in [0.1, 0.15) is 23.2 Å². The van der Waals surface area contributed by atoms with Gasteiger partial charge in [0.05, 0.1) is 7.11 Å². The molecule has 0 aliphatic carbocycles. The Labute approximate surface area is 129 Å². The van der Waals surface area contributed by atoms with E-state index in [1.54, 1.807) is 25.4 Å². The number of methoxy groups -OCH3 is 1. The van der Waals surface area contributed by atoms with E-state index < -0.39 is 12.0 Å². The Balaban J connectivity index is 1.72. The van der Waals surface area contributed by atoms with Crippen LogP contribution in [0.15, 0.2) is 48.7 Å². The summed E-state index contributed by atoms with van der Waals surface area (Å²) in [5.74, 6) is 0.203. The maximum atomic E-state index is 11.6. The summed E-state index contributed by atoms with van der Waals surface area (Å²) in [6.07, 6.45) is 1.77. The monoisotopic (exact) mass is 298 g/mol. The maximum Gasteiger partial charge on any atom is 0.325 e. The van der Waals surface area contributed by atoms with Crippen molar-refractivity contribution >= 4 is 5.97 Å². The molecule has 0 amide bonds. The minimum Gasteiger partial charge on any atom is -0.497 e. The van der Waals surface area contributed by atoms with E-state index in [-0.39, 0.29) is 0 Å². The first kappa shape index (κ1) is 14.5. The third-order valence-electron chi connectivity index (χ3n) is 4.05. The smallest absolute Gasteiger partial charge is 0.325 e. The molecule has 1 unspecified atom stereocenters. The lowest BCUT2D eigenvalue weighted by Gasteiger charge is -2.42. The zero-order chi connectivity index (χ0) is 15.5. The molecular weight excluding hydrogens is 280 g/mol. The van der Waals surface area contributed by atoms with Crippen molar-refractivity contribution in [2.24, 2.45) is 0 Å². The molecule has 1 N–H and O–H groups in total. The highest BCUT2D eigenvalue weighted by Crippen LogP contribution is 2.34. The van der Waals surface area contributed by atoms with Crippen molar-refractivity contribution in [2.45, 2.75) is 12.0 Å². The molecule has 2 aromatic rings. The number of aliphatic carboxylic acids is 1. The summed E-state index contributed by atoms with van der Waals surface area (Å²) in [4.78, 5) is 17.9. The van der Waals surface area contributed by atoms with Crippen molar-refractivity contribution in [3.8, 4) is 5.75 Å². The minimum atomic E-state index is -0.829. The molecule has 5 heteroatoms. The summed E-state index contributed by atoms with van der Waals surface area (Å²) in [5, 5.41) is 9.56. The summed E-state index contributed by atoms with van der Waals surface area (Å²) in [5.41, 5.74) is 1.80. The fourth-order valence-electron chi connectivity index (χ4n) is 2.82. The highest BCUT2D eigenvalue weighted by atomic mass is 16.5. The predicted octanol–water partition coefficient (Wildman–Crippen LogP) is 2.32. The van der Waals surface area contributed by atoms with Gasteiger partial charge in [-0.1, -0.05) is 18.2 Å². The van der Waals surface area contributed by atoms with Gasteiger partial charge in [0.25, 0.3) is 0 Å². The Morgan fingerprint density at radius 1 is 1.27 bits per heavy atom. The summed E-state index contributed by atoms with van der Waals surface area (Å²) in [6.45, 7) is 1.42. The molecule has 1 aliphatic rings. The van der Waals surface area contributed by atoms with Gasteiger partial charge in [-0.15, -0.1) is 0 Å². The number of ether oxygens (including phenoxy) is 1. The van der Waals surface area contributed by atoms with E-state index >= 15 is 0 Å². The number of carboxylic acids is 1. The van der Waals surface area contributed by atoms with E-state index in [4.69, 9.17) is 4.74 Å². The molecule has 3 rings (SSSR count). The van der Waals surface area contributed by atoms with Gasteiger partial charge in [-0.3, -0.25) is 14.7 Å². The van der Waals surface area contributed by atoms with Crippen molar-refractivity contribution in [3.05, 3.63) is 59.9 Å². The lowest BCUT2D eigenvalue weighted by atomic mass is 9.91. The van der Waals surface area contributed by atoms with E-state index in [1.807, 2.05) is 35.2 Å². The molecule has 22 heavy (non-hydrogen) atoms. The molecule has 0 spiro atoms. The van der Waals surface area contributed by atoms with Crippen LogP contribution >= 0.6 is 0 Å². The molecule has 2 heterocycles. The maximum absolute atomic E-state index is 11.6. The number of benzene rings is 1. The first-order valence-electron chi connectivity index (χ1n) is 7.21. The zero-order valence-corrected chi connectivity index (χ0v) is 12.3. The van der Waals surface area contributed by atoms with Crippen LogP contribution in [0.5, 0.6) is 5.75 Å². The van der Waals surface area contributed by atoms with Crippen LogP contribution in [0.25, 0.3) is 0 Å². The zero-order valence-electron chi connectivity index (χ0n) is 12.3. The number of hydrogen-bond acceptors (Lipinski definition) is 4. The van der Waals surface area contributed by atoms with Crippen LogP contribution in [0.3, 0.4) is 0 Å². The highest BCUT2D eigenvalue weighted by Gasteiger charge is 2.38. The summed E-state index contributed by atoms with van der Waals surface area (Å²) in [6, 6.07) is 12.4. The van der Waals surface area contributed by atoms with Gasteiger partial charge >= 0.3 is 5.97 Å². The number of carbonyl (C=O) groups is 1. The molecular formula is C17H18N2O3. The Kier molecular flexibility index (Phi) is 4.06. The Morgan fingerprint density at radius 3 is 2.55 bits per heavy atom. The van der Waals surface area contributed by atoms with E-state index in [0.717, 1.165) is 17.0 Å². The van der Waals surface area contributed by atoms with Crippen LogP contribution in [0.2, 0.25) is 0 Å². The van der Waals surface area contributed by atoms with Crippen LogP contribution in [0.4, 0.5) is 0 Å². The number of likely N-dealkylation sites (tertiary alicyclic amines) is 1. The molecule has 1 fully saturated rings. The first-order chi connectivity index (χ1) is 10.7. The van der Waals surface area contributed by atoms with Crippen LogP contribution in [-0.2, 0) is 4.79 Å². The van der Waals surface area contributed by atoms with Gasteiger partial charge in [-0.25, -0.2) is 0 Å². The lowest BCUT2D eigenvalue weighted by molar-refractivity contribution is -0.145. The fraction of sp³-hybridized carbons (Fsp3) is 0.294. The number of nitrogens with zero attached hydrogens (tertiary/aromatic N) is 2. The normalized spacial score (nSPS) is 16.8. The molecule has 0 saturated carbocycles. The molecule has 1 aromatic heterocycles. The van der Waals surface area contributed by atoms with Gasteiger partial charge in [-0.05, 0) is 29.8 Å². The predicted molar refractivity (Wildman–Crippen MR) is 81.9 cm³/mol. The van der Waals surface area contributed by atoms with Gasteiger partial charge in [-0.2, -0.15) is 0 Å². The Morgan fingerprint density at radius 2 is 2.00 bits per heavy atom. The lowest BCUT2D eigenvalue weighted by Crippen LogP contribution is -2.49. The van der Waals surface area contributed by atoms with E-state index in [1.165, 1.54) is 0 Å². The van der Waals surface area contributed by atoms with Gasteiger partial charge in [0, 0.05) is 30.9 Å². The third-order valence-corrected chi connectivity index (χ3v) is 4.05. The first-order valence-corrected chi connectivity index (χ1v) is 7.21. The van der Waals surface area contributed by atoms with Crippen LogP contribution in [-0.4, -0.2) is 41.2 Å². The average Bonchev–Trinajstić information content (AvgIpc) is 2.51.